The topological polar surface area (TPSA) is 82.2 Å². The first kappa shape index (κ1) is 20.8. The number of carbonyl (C=O) groups excluding carboxylic acids is 1. The van der Waals surface area contributed by atoms with E-state index in [9.17, 15) is 18.0 Å². The highest BCUT2D eigenvalue weighted by molar-refractivity contribution is 7.99. The summed E-state index contributed by atoms with van der Waals surface area (Å²) >= 11 is 0.994. The summed E-state index contributed by atoms with van der Waals surface area (Å²) in [5, 5.41) is 10.5. The first-order valence-corrected chi connectivity index (χ1v) is 9.40. The predicted octanol–water partition coefficient (Wildman–Crippen LogP) is 3.37. The molecule has 0 radical (unpaired) electrons. The van der Waals surface area contributed by atoms with E-state index in [0.29, 0.717) is 29.0 Å². The summed E-state index contributed by atoms with van der Waals surface area (Å²) in [4.78, 5) is 11.7. The number of nitrogens with zero attached hydrogens (tertiary/aromatic N) is 3. The van der Waals surface area contributed by atoms with Gasteiger partial charge in [-0.1, -0.05) is 11.8 Å². The van der Waals surface area contributed by atoms with Crippen molar-refractivity contribution >= 4 is 17.7 Å². The van der Waals surface area contributed by atoms with Crippen molar-refractivity contribution in [3.8, 4) is 17.1 Å². The Morgan fingerprint density at radius 3 is 2.62 bits per heavy atom. The van der Waals surface area contributed by atoms with Gasteiger partial charge in [0.1, 0.15) is 18.1 Å². The Morgan fingerprint density at radius 2 is 2.00 bits per heavy atom. The van der Waals surface area contributed by atoms with Crippen molar-refractivity contribution in [2.45, 2.75) is 17.9 Å². The SMILES string of the molecule is COc1ccc(-c2nnc(SCC(=O)NCC(F)(F)F)n2Cc2ccco2)cc1. The summed E-state index contributed by atoms with van der Waals surface area (Å²) in [6, 6.07) is 10.7. The summed E-state index contributed by atoms with van der Waals surface area (Å²) in [5.41, 5.74) is 0.762. The van der Waals surface area contributed by atoms with E-state index < -0.39 is 18.6 Å². The van der Waals surface area contributed by atoms with Gasteiger partial charge in [0.15, 0.2) is 11.0 Å². The molecule has 0 aliphatic carbocycles. The maximum Gasteiger partial charge on any atom is 0.405 e. The van der Waals surface area contributed by atoms with Crippen molar-refractivity contribution in [2.75, 3.05) is 19.4 Å². The molecule has 0 saturated heterocycles. The molecule has 2 aromatic heterocycles. The minimum atomic E-state index is -4.46. The van der Waals surface area contributed by atoms with Gasteiger partial charge < -0.3 is 14.5 Å². The third kappa shape index (κ3) is 5.76. The van der Waals surface area contributed by atoms with E-state index >= 15 is 0 Å². The second-order valence-electron chi connectivity index (χ2n) is 5.88. The summed E-state index contributed by atoms with van der Waals surface area (Å²) < 4.78 is 49.0. The molecule has 0 fully saturated rings. The van der Waals surface area contributed by atoms with Crippen molar-refractivity contribution in [3.63, 3.8) is 0 Å². The largest absolute Gasteiger partial charge is 0.497 e. The lowest BCUT2D eigenvalue weighted by molar-refractivity contribution is -0.136. The Kier molecular flexibility index (Phi) is 6.47. The third-order valence-corrected chi connectivity index (χ3v) is 4.74. The molecule has 29 heavy (non-hydrogen) atoms. The number of amides is 1. The number of ether oxygens (including phenoxy) is 1. The highest BCUT2D eigenvalue weighted by Crippen LogP contribution is 2.26. The van der Waals surface area contributed by atoms with Gasteiger partial charge in [0.25, 0.3) is 0 Å². The molecule has 0 aliphatic rings. The van der Waals surface area contributed by atoms with Crippen LogP contribution in [0.4, 0.5) is 13.2 Å². The van der Waals surface area contributed by atoms with Gasteiger partial charge in [0.2, 0.25) is 5.91 Å². The van der Waals surface area contributed by atoms with Gasteiger partial charge in [0, 0.05) is 5.56 Å². The zero-order valence-electron chi connectivity index (χ0n) is 15.3. The fourth-order valence-electron chi connectivity index (χ4n) is 2.43. The Morgan fingerprint density at radius 1 is 1.24 bits per heavy atom. The van der Waals surface area contributed by atoms with E-state index in [0.717, 1.165) is 17.3 Å². The number of hydrogen-bond acceptors (Lipinski definition) is 6. The standard InChI is InChI=1S/C18H17F3N4O3S/c1-27-13-6-4-12(5-7-13)16-23-24-17(25(16)9-14-3-2-8-28-14)29-10-15(26)22-11-18(19,20)21/h2-8H,9-11H2,1H3,(H,22,26). The first-order valence-electron chi connectivity index (χ1n) is 8.42. The molecule has 7 nitrogen and oxygen atoms in total. The molecular formula is C18H17F3N4O3S. The number of furan rings is 1. The second kappa shape index (κ2) is 9.03. The molecule has 0 bridgehead atoms. The van der Waals surface area contributed by atoms with Gasteiger partial charge >= 0.3 is 6.18 Å². The quantitative estimate of drug-likeness (QED) is 0.557. The molecule has 3 rings (SSSR count). The predicted molar refractivity (Wildman–Crippen MR) is 99.6 cm³/mol. The lowest BCUT2D eigenvalue weighted by atomic mass is 10.2. The molecule has 154 valence electrons. The number of benzene rings is 1. The number of alkyl halides is 3. The van der Waals surface area contributed by atoms with Crippen LogP contribution in [0, 0.1) is 0 Å². The van der Waals surface area contributed by atoms with Crippen LogP contribution in [0.1, 0.15) is 5.76 Å². The number of hydrogen-bond donors (Lipinski definition) is 1. The molecule has 0 atom stereocenters. The summed E-state index contributed by atoms with van der Waals surface area (Å²) in [7, 11) is 1.56. The first-order chi connectivity index (χ1) is 13.9. The monoisotopic (exact) mass is 426 g/mol. The van der Waals surface area contributed by atoms with Gasteiger partial charge in [-0.25, -0.2) is 0 Å². The molecular weight excluding hydrogens is 409 g/mol. The molecule has 1 N–H and O–H groups in total. The van der Waals surface area contributed by atoms with E-state index in [1.807, 2.05) is 17.4 Å². The van der Waals surface area contributed by atoms with Crippen LogP contribution in [0.2, 0.25) is 0 Å². The highest BCUT2D eigenvalue weighted by Gasteiger charge is 2.27. The maximum absolute atomic E-state index is 12.2. The van der Waals surface area contributed by atoms with Crippen LogP contribution >= 0.6 is 11.8 Å². The Hall–Kier alpha value is -2.95. The van der Waals surface area contributed by atoms with Crippen molar-refractivity contribution in [1.29, 1.82) is 0 Å². The Bertz CT molecular complexity index is 940. The summed E-state index contributed by atoms with van der Waals surface area (Å²) in [6.07, 6.45) is -2.93. The molecule has 3 aromatic rings. The summed E-state index contributed by atoms with van der Waals surface area (Å²) in [6.45, 7) is -1.07. The van der Waals surface area contributed by atoms with Gasteiger partial charge in [-0.2, -0.15) is 13.2 Å². The number of carbonyl (C=O) groups is 1. The third-order valence-electron chi connectivity index (χ3n) is 3.78. The lowest BCUT2D eigenvalue weighted by Gasteiger charge is -2.10. The zero-order valence-corrected chi connectivity index (χ0v) is 16.1. The molecule has 1 aromatic carbocycles. The van der Waals surface area contributed by atoms with E-state index in [4.69, 9.17) is 9.15 Å². The fourth-order valence-corrected chi connectivity index (χ4v) is 3.20. The van der Waals surface area contributed by atoms with E-state index in [-0.39, 0.29) is 5.75 Å². The average molecular weight is 426 g/mol. The minimum Gasteiger partial charge on any atom is -0.497 e. The van der Waals surface area contributed by atoms with Crippen LogP contribution in [0.5, 0.6) is 5.75 Å². The molecule has 11 heteroatoms. The average Bonchev–Trinajstić information content (AvgIpc) is 3.35. The number of aromatic nitrogens is 3. The van der Waals surface area contributed by atoms with Crippen molar-refractivity contribution < 1.29 is 27.1 Å². The zero-order chi connectivity index (χ0) is 20.9. The number of rotatable bonds is 8. The van der Waals surface area contributed by atoms with Crippen LogP contribution in [0.15, 0.2) is 52.2 Å². The summed E-state index contributed by atoms with van der Waals surface area (Å²) in [5.74, 6) is 0.882. The van der Waals surface area contributed by atoms with Crippen molar-refractivity contribution in [3.05, 3.63) is 48.4 Å². The number of methoxy groups -OCH3 is 1. The molecule has 0 saturated carbocycles. The molecule has 2 heterocycles. The van der Waals surface area contributed by atoms with Crippen LogP contribution in [0.3, 0.4) is 0 Å². The highest BCUT2D eigenvalue weighted by atomic mass is 32.2. The number of thioether (sulfide) groups is 1. The molecule has 0 unspecified atom stereocenters. The number of nitrogens with one attached hydrogen (secondary N) is 1. The Labute approximate surface area is 168 Å². The van der Waals surface area contributed by atoms with E-state index in [2.05, 4.69) is 10.2 Å². The van der Waals surface area contributed by atoms with Crippen LogP contribution in [-0.2, 0) is 11.3 Å². The second-order valence-corrected chi connectivity index (χ2v) is 6.82. The van der Waals surface area contributed by atoms with Crippen molar-refractivity contribution in [1.82, 2.24) is 20.1 Å². The minimum absolute atomic E-state index is 0.227. The van der Waals surface area contributed by atoms with Gasteiger partial charge in [-0.15, -0.1) is 10.2 Å². The van der Waals surface area contributed by atoms with E-state index in [1.54, 1.807) is 35.9 Å². The molecule has 0 spiro atoms. The lowest BCUT2D eigenvalue weighted by Crippen LogP contribution is -2.34. The van der Waals surface area contributed by atoms with E-state index in [1.165, 1.54) is 6.26 Å². The maximum atomic E-state index is 12.2. The van der Waals surface area contributed by atoms with Crippen molar-refractivity contribution in [2.24, 2.45) is 0 Å². The van der Waals surface area contributed by atoms with Gasteiger partial charge in [0.05, 0.1) is 25.7 Å². The molecule has 0 aliphatic heterocycles. The normalized spacial score (nSPS) is 11.4. The Balaban J connectivity index is 1.79. The van der Waals surface area contributed by atoms with Gasteiger partial charge in [-0.3, -0.25) is 9.36 Å². The van der Waals surface area contributed by atoms with Crippen LogP contribution < -0.4 is 10.1 Å². The van der Waals surface area contributed by atoms with Gasteiger partial charge in [-0.05, 0) is 36.4 Å². The van der Waals surface area contributed by atoms with Crippen LogP contribution in [0.25, 0.3) is 11.4 Å². The smallest absolute Gasteiger partial charge is 0.405 e. The van der Waals surface area contributed by atoms with Crippen LogP contribution in [-0.4, -0.2) is 46.3 Å². The molecule has 1 amide bonds. The number of halogens is 3. The fraction of sp³-hybridized carbons (Fsp3) is 0.278.